The van der Waals surface area contributed by atoms with Crippen LogP contribution in [0.2, 0.25) is 5.02 Å². The largest absolute Gasteiger partial charge is 0.407 e. The van der Waals surface area contributed by atoms with E-state index in [2.05, 4.69) is 4.85 Å². The van der Waals surface area contributed by atoms with Crippen molar-refractivity contribution in [2.24, 2.45) is 0 Å². The van der Waals surface area contributed by atoms with Gasteiger partial charge < -0.3 is 4.90 Å². The first-order valence-corrected chi connectivity index (χ1v) is 7.52. The van der Waals surface area contributed by atoms with Crippen LogP contribution in [-0.2, 0) is 12.7 Å². The molecule has 0 aliphatic rings. The zero-order valence-corrected chi connectivity index (χ0v) is 13.8. The highest BCUT2D eigenvalue weighted by Gasteiger charge is 2.35. The van der Waals surface area contributed by atoms with Gasteiger partial charge >= 0.3 is 12.4 Å². The molecule has 26 heavy (non-hydrogen) atoms. The Morgan fingerprint density at radius 1 is 1.00 bits per heavy atom. The summed E-state index contributed by atoms with van der Waals surface area (Å²) in [5, 5.41) is 0.300. The highest BCUT2D eigenvalue weighted by atomic mass is 35.5. The van der Waals surface area contributed by atoms with E-state index in [9.17, 15) is 26.3 Å². The number of nitrogens with zero attached hydrogens (tertiary/aromatic N) is 2. The Kier molecular flexibility index (Phi) is 5.71. The monoisotopic (exact) mass is 392 g/mol. The van der Waals surface area contributed by atoms with Gasteiger partial charge in [-0.25, -0.2) is 4.85 Å². The fraction of sp³-hybridized carbons (Fsp3) is 0.235. The third kappa shape index (κ3) is 5.30. The van der Waals surface area contributed by atoms with Gasteiger partial charge in [0.2, 0.25) is 0 Å². The normalized spacial score (nSPS) is 11.9. The maximum Gasteiger partial charge on any atom is 0.407 e. The molecule has 0 heterocycles. The Bertz CT molecular complexity index is 823. The molecule has 2 aromatic carbocycles. The maximum absolute atomic E-state index is 13.1. The van der Waals surface area contributed by atoms with Gasteiger partial charge in [0.15, 0.2) is 5.69 Å². The summed E-state index contributed by atoms with van der Waals surface area (Å²) in [6.45, 7) is 5.06. The molecular formula is C17H11ClF6N2. The lowest BCUT2D eigenvalue weighted by Gasteiger charge is -2.27. The Morgan fingerprint density at radius 3 is 2.23 bits per heavy atom. The Labute approximate surface area is 150 Å². The number of hydrogen-bond acceptors (Lipinski definition) is 1. The quantitative estimate of drug-likeness (QED) is 0.427. The summed E-state index contributed by atoms with van der Waals surface area (Å²) in [6.07, 6.45) is -9.48. The van der Waals surface area contributed by atoms with E-state index in [1.807, 2.05) is 0 Å². The molecule has 0 aliphatic heterocycles. The van der Waals surface area contributed by atoms with Crippen LogP contribution in [0.25, 0.3) is 4.85 Å². The Hall–Kier alpha value is -2.40. The molecule has 0 amide bonds. The third-order valence-electron chi connectivity index (χ3n) is 3.40. The predicted molar refractivity (Wildman–Crippen MR) is 86.3 cm³/mol. The van der Waals surface area contributed by atoms with E-state index in [4.69, 9.17) is 18.2 Å². The molecule has 9 heteroatoms. The molecule has 2 aromatic rings. The van der Waals surface area contributed by atoms with Crippen molar-refractivity contribution in [3.8, 4) is 0 Å². The second kappa shape index (κ2) is 7.46. The van der Waals surface area contributed by atoms with Gasteiger partial charge in [-0.05, 0) is 29.8 Å². The zero-order valence-electron chi connectivity index (χ0n) is 13.0. The second-order valence-electron chi connectivity index (χ2n) is 5.41. The molecular weight excluding hydrogens is 382 g/mol. The van der Waals surface area contributed by atoms with E-state index in [0.717, 1.165) is 17.0 Å². The molecule has 0 aliphatic carbocycles. The summed E-state index contributed by atoms with van der Waals surface area (Å²) in [5.74, 6) is 0. The predicted octanol–water partition coefficient (Wildman–Crippen LogP) is 6.48. The van der Waals surface area contributed by atoms with Gasteiger partial charge in [-0.3, -0.25) is 0 Å². The van der Waals surface area contributed by atoms with E-state index in [1.165, 1.54) is 24.3 Å². The zero-order chi connectivity index (χ0) is 19.5. The van der Waals surface area contributed by atoms with Crippen molar-refractivity contribution in [1.29, 1.82) is 0 Å². The lowest BCUT2D eigenvalue weighted by molar-refractivity contribution is -0.136. The molecule has 2 rings (SSSR count). The van der Waals surface area contributed by atoms with Gasteiger partial charge in [0.05, 0.1) is 12.1 Å². The third-order valence-corrected chi connectivity index (χ3v) is 3.64. The molecule has 0 saturated carbocycles. The van der Waals surface area contributed by atoms with Crippen molar-refractivity contribution < 1.29 is 26.3 Å². The van der Waals surface area contributed by atoms with Crippen LogP contribution in [0.5, 0.6) is 0 Å². The standard InChI is InChI=1S/C17H11ClF6N2/c1-25-15-6-5-13(8-14(15)17(22,23)24)26(10-16(19,20)21)9-11-3-2-4-12(18)7-11/h2-8H,9-10H2. The minimum Gasteiger partial charge on any atom is -0.358 e. The molecule has 0 aromatic heterocycles. The number of hydrogen-bond donors (Lipinski definition) is 0. The van der Waals surface area contributed by atoms with Crippen molar-refractivity contribution in [2.45, 2.75) is 18.9 Å². The Morgan fingerprint density at radius 2 is 1.69 bits per heavy atom. The fourth-order valence-electron chi connectivity index (χ4n) is 2.36. The lowest BCUT2D eigenvalue weighted by Crippen LogP contribution is -2.34. The first-order valence-electron chi connectivity index (χ1n) is 7.14. The van der Waals surface area contributed by atoms with Gasteiger partial charge in [0, 0.05) is 17.3 Å². The molecule has 2 nitrogen and oxygen atoms in total. The highest BCUT2D eigenvalue weighted by Crippen LogP contribution is 2.39. The van der Waals surface area contributed by atoms with Gasteiger partial charge in [0.1, 0.15) is 6.54 Å². The summed E-state index contributed by atoms with van der Waals surface area (Å²) < 4.78 is 78.0. The first kappa shape index (κ1) is 19.9. The summed E-state index contributed by atoms with van der Waals surface area (Å²) >= 11 is 5.81. The minimum absolute atomic E-state index is 0.290. The molecule has 0 unspecified atom stereocenters. The Balaban J connectivity index is 2.47. The lowest BCUT2D eigenvalue weighted by atomic mass is 10.1. The average molecular weight is 393 g/mol. The number of rotatable bonds is 4. The molecule has 0 spiro atoms. The molecule has 0 bridgehead atoms. The van der Waals surface area contributed by atoms with Crippen LogP contribution in [0.15, 0.2) is 42.5 Å². The molecule has 0 atom stereocenters. The van der Waals surface area contributed by atoms with Crippen LogP contribution in [0.1, 0.15) is 11.1 Å². The van der Waals surface area contributed by atoms with E-state index < -0.39 is 30.1 Å². The topological polar surface area (TPSA) is 7.60 Å². The molecule has 0 saturated heterocycles. The van der Waals surface area contributed by atoms with E-state index in [-0.39, 0.29) is 12.2 Å². The fourth-order valence-corrected chi connectivity index (χ4v) is 2.57. The van der Waals surface area contributed by atoms with E-state index in [1.54, 1.807) is 0 Å². The van der Waals surface area contributed by atoms with Crippen LogP contribution in [0.3, 0.4) is 0 Å². The highest BCUT2D eigenvalue weighted by molar-refractivity contribution is 6.30. The van der Waals surface area contributed by atoms with Gasteiger partial charge in [0.25, 0.3) is 0 Å². The molecule has 0 fully saturated rings. The number of anilines is 1. The van der Waals surface area contributed by atoms with Crippen LogP contribution in [0.4, 0.5) is 37.7 Å². The van der Waals surface area contributed by atoms with Crippen LogP contribution in [0, 0.1) is 6.57 Å². The van der Waals surface area contributed by atoms with Crippen LogP contribution >= 0.6 is 11.6 Å². The summed E-state index contributed by atoms with van der Waals surface area (Å²) in [4.78, 5) is 3.54. The second-order valence-corrected chi connectivity index (χ2v) is 5.85. The summed E-state index contributed by atoms with van der Waals surface area (Å²) in [7, 11) is 0. The molecule has 138 valence electrons. The van der Waals surface area contributed by atoms with Gasteiger partial charge in [-0.15, -0.1) is 0 Å². The average Bonchev–Trinajstić information content (AvgIpc) is 2.51. The van der Waals surface area contributed by atoms with Gasteiger partial charge in [-0.2, -0.15) is 26.3 Å². The van der Waals surface area contributed by atoms with Gasteiger partial charge in [-0.1, -0.05) is 29.8 Å². The van der Waals surface area contributed by atoms with Crippen molar-refractivity contribution in [3.63, 3.8) is 0 Å². The SMILES string of the molecule is [C-]#[N+]c1ccc(N(Cc2cccc(Cl)c2)CC(F)(F)F)cc1C(F)(F)F. The number of benzene rings is 2. The summed E-state index contributed by atoms with van der Waals surface area (Å²) in [6, 6.07) is 8.52. The van der Waals surface area contributed by atoms with E-state index >= 15 is 0 Å². The maximum atomic E-state index is 13.1. The van der Waals surface area contributed by atoms with Crippen LogP contribution in [-0.4, -0.2) is 12.7 Å². The van der Waals surface area contributed by atoms with E-state index in [0.29, 0.717) is 16.7 Å². The number of halogens is 7. The van der Waals surface area contributed by atoms with Crippen molar-refractivity contribution in [3.05, 3.63) is 70.0 Å². The van der Waals surface area contributed by atoms with Crippen molar-refractivity contribution in [2.75, 3.05) is 11.4 Å². The smallest absolute Gasteiger partial charge is 0.358 e. The molecule has 0 N–H and O–H groups in total. The van der Waals surface area contributed by atoms with Crippen LogP contribution < -0.4 is 4.90 Å². The van der Waals surface area contributed by atoms with Crippen molar-refractivity contribution in [1.82, 2.24) is 0 Å². The minimum atomic E-state index is -4.85. The molecule has 0 radical (unpaired) electrons. The van der Waals surface area contributed by atoms with Crippen molar-refractivity contribution >= 4 is 23.0 Å². The number of alkyl halides is 6. The summed E-state index contributed by atoms with van der Waals surface area (Å²) in [5.41, 5.74) is -1.83. The first-order chi connectivity index (χ1) is 12.0.